The third-order valence-corrected chi connectivity index (χ3v) is 4.03. The lowest BCUT2D eigenvalue weighted by atomic mass is 10.2. The average molecular weight is 242 g/mol. The fourth-order valence-corrected chi connectivity index (χ4v) is 3.04. The standard InChI is InChI=1S/C15H14OS/c1-2-5-12(6-3-1)11-17-14-8-4-7-13-9-10-16-15(13)14/h1-8H,9-11H2. The number of fused-ring (bicyclic) bond motifs is 1. The maximum Gasteiger partial charge on any atom is 0.136 e. The van der Waals surface area contributed by atoms with Gasteiger partial charge in [0.05, 0.1) is 6.61 Å². The van der Waals surface area contributed by atoms with E-state index >= 15 is 0 Å². The van der Waals surface area contributed by atoms with Gasteiger partial charge in [0.15, 0.2) is 0 Å². The molecule has 0 spiro atoms. The van der Waals surface area contributed by atoms with Crippen molar-refractivity contribution in [3.05, 3.63) is 59.7 Å². The van der Waals surface area contributed by atoms with Gasteiger partial charge in [0, 0.05) is 17.1 Å². The summed E-state index contributed by atoms with van der Waals surface area (Å²) in [5.74, 6) is 2.11. The minimum atomic E-state index is 0.832. The summed E-state index contributed by atoms with van der Waals surface area (Å²) >= 11 is 1.85. The van der Waals surface area contributed by atoms with Crippen molar-refractivity contribution in [2.24, 2.45) is 0 Å². The first kappa shape index (κ1) is 10.7. The van der Waals surface area contributed by atoms with Crippen molar-refractivity contribution in [2.45, 2.75) is 17.1 Å². The second-order valence-corrected chi connectivity index (χ2v) is 5.13. The molecule has 0 bridgehead atoms. The van der Waals surface area contributed by atoms with E-state index in [0.29, 0.717) is 0 Å². The molecule has 0 atom stereocenters. The van der Waals surface area contributed by atoms with Crippen molar-refractivity contribution < 1.29 is 4.74 Å². The predicted molar refractivity (Wildman–Crippen MR) is 71.6 cm³/mol. The number of ether oxygens (including phenoxy) is 1. The van der Waals surface area contributed by atoms with E-state index in [0.717, 1.165) is 24.5 Å². The maximum absolute atomic E-state index is 5.70. The first-order chi connectivity index (χ1) is 8.43. The number of para-hydroxylation sites is 1. The molecule has 0 saturated carbocycles. The van der Waals surface area contributed by atoms with E-state index in [1.807, 2.05) is 11.8 Å². The Kier molecular flexibility index (Phi) is 3.06. The number of hydrogen-bond donors (Lipinski definition) is 0. The Hall–Kier alpha value is -1.41. The highest BCUT2D eigenvalue weighted by molar-refractivity contribution is 7.98. The van der Waals surface area contributed by atoms with Crippen LogP contribution in [0, 0.1) is 0 Å². The quantitative estimate of drug-likeness (QED) is 0.755. The second kappa shape index (κ2) is 4.84. The van der Waals surface area contributed by atoms with Crippen molar-refractivity contribution in [3.63, 3.8) is 0 Å². The Bertz CT molecular complexity index is 508. The Balaban J connectivity index is 1.76. The first-order valence-corrected chi connectivity index (χ1v) is 6.83. The molecular formula is C15H14OS. The van der Waals surface area contributed by atoms with E-state index < -0.39 is 0 Å². The van der Waals surface area contributed by atoms with Crippen LogP contribution in [0.2, 0.25) is 0 Å². The minimum Gasteiger partial charge on any atom is -0.492 e. The zero-order chi connectivity index (χ0) is 11.5. The Labute approximate surface area is 106 Å². The summed E-state index contributed by atoms with van der Waals surface area (Å²) in [7, 11) is 0. The van der Waals surface area contributed by atoms with Crippen molar-refractivity contribution in [2.75, 3.05) is 6.61 Å². The first-order valence-electron chi connectivity index (χ1n) is 5.85. The Morgan fingerprint density at radius 3 is 2.76 bits per heavy atom. The summed E-state index contributed by atoms with van der Waals surface area (Å²) < 4.78 is 5.70. The van der Waals surface area contributed by atoms with Gasteiger partial charge in [-0.15, -0.1) is 11.8 Å². The van der Waals surface area contributed by atoms with Crippen LogP contribution in [0.1, 0.15) is 11.1 Å². The molecular weight excluding hydrogens is 228 g/mol. The van der Waals surface area contributed by atoms with Crippen molar-refractivity contribution in [3.8, 4) is 5.75 Å². The molecule has 0 aromatic heterocycles. The lowest BCUT2D eigenvalue weighted by Gasteiger charge is -2.07. The van der Waals surface area contributed by atoms with Crippen molar-refractivity contribution >= 4 is 11.8 Å². The second-order valence-electron chi connectivity index (χ2n) is 4.12. The zero-order valence-corrected chi connectivity index (χ0v) is 10.4. The normalized spacial score (nSPS) is 13.2. The number of thioether (sulfide) groups is 1. The number of hydrogen-bond acceptors (Lipinski definition) is 2. The van der Waals surface area contributed by atoms with E-state index in [1.165, 1.54) is 16.0 Å². The third kappa shape index (κ3) is 2.32. The Morgan fingerprint density at radius 1 is 1.00 bits per heavy atom. The summed E-state index contributed by atoms with van der Waals surface area (Å²) in [6, 6.07) is 17.0. The lowest BCUT2D eigenvalue weighted by molar-refractivity contribution is 0.349. The van der Waals surface area contributed by atoms with Crippen LogP contribution in [0.25, 0.3) is 0 Å². The largest absolute Gasteiger partial charge is 0.492 e. The van der Waals surface area contributed by atoms with Gasteiger partial charge < -0.3 is 4.74 Å². The molecule has 0 fully saturated rings. The molecule has 86 valence electrons. The van der Waals surface area contributed by atoms with Gasteiger partial charge >= 0.3 is 0 Å². The number of benzene rings is 2. The molecule has 1 nitrogen and oxygen atoms in total. The van der Waals surface area contributed by atoms with Gasteiger partial charge in [-0.3, -0.25) is 0 Å². The molecule has 0 N–H and O–H groups in total. The van der Waals surface area contributed by atoms with Crippen LogP contribution in [0.15, 0.2) is 53.4 Å². The summed E-state index contributed by atoms with van der Waals surface area (Å²) in [5, 5.41) is 0. The molecule has 0 amide bonds. The van der Waals surface area contributed by atoms with Gasteiger partial charge in [0.2, 0.25) is 0 Å². The summed E-state index contributed by atoms with van der Waals surface area (Å²) in [4.78, 5) is 1.27. The summed E-state index contributed by atoms with van der Waals surface area (Å²) in [6.45, 7) is 0.832. The van der Waals surface area contributed by atoms with Crippen molar-refractivity contribution in [1.82, 2.24) is 0 Å². The molecule has 1 heterocycles. The highest BCUT2D eigenvalue weighted by Gasteiger charge is 2.15. The van der Waals surface area contributed by atoms with Crippen molar-refractivity contribution in [1.29, 1.82) is 0 Å². The summed E-state index contributed by atoms with van der Waals surface area (Å²) in [6.07, 6.45) is 1.05. The van der Waals surface area contributed by atoms with Gasteiger partial charge in [-0.1, -0.05) is 42.5 Å². The van der Waals surface area contributed by atoms with Crippen LogP contribution in [-0.2, 0) is 12.2 Å². The zero-order valence-electron chi connectivity index (χ0n) is 9.56. The molecule has 0 unspecified atom stereocenters. The molecule has 2 aromatic carbocycles. The smallest absolute Gasteiger partial charge is 0.136 e. The fraction of sp³-hybridized carbons (Fsp3) is 0.200. The number of rotatable bonds is 3. The molecule has 1 aliphatic rings. The predicted octanol–water partition coefficient (Wildman–Crippen LogP) is 3.91. The van der Waals surface area contributed by atoms with Gasteiger partial charge in [0.1, 0.15) is 5.75 Å². The van der Waals surface area contributed by atoms with E-state index in [-0.39, 0.29) is 0 Å². The fourth-order valence-electron chi connectivity index (χ4n) is 2.03. The molecule has 2 heteroatoms. The molecule has 0 saturated heterocycles. The summed E-state index contributed by atoms with van der Waals surface area (Å²) in [5.41, 5.74) is 2.70. The molecule has 0 aliphatic carbocycles. The van der Waals surface area contributed by atoms with Crippen LogP contribution in [0.4, 0.5) is 0 Å². The highest BCUT2D eigenvalue weighted by atomic mass is 32.2. The molecule has 1 aliphatic heterocycles. The van der Waals surface area contributed by atoms with Crippen LogP contribution in [0.3, 0.4) is 0 Å². The molecule has 2 aromatic rings. The Morgan fingerprint density at radius 2 is 1.88 bits per heavy atom. The van der Waals surface area contributed by atoms with E-state index in [9.17, 15) is 0 Å². The van der Waals surface area contributed by atoms with Gasteiger partial charge in [-0.25, -0.2) is 0 Å². The van der Waals surface area contributed by atoms with Gasteiger partial charge in [-0.2, -0.15) is 0 Å². The molecule has 0 radical (unpaired) electrons. The van der Waals surface area contributed by atoms with Crippen LogP contribution in [0.5, 0.6) is 5.75 Å². The van der Waals surface area contributed by atoms with Gasteiger partial charge in [-0.05, 0) is 17.2 Å². The minimum absolute atomic E-state index is 0.832. The van der Waals surface area contributed by atoms with E-state index in [4.69, 9.17) is 4.74 Å². The average Bonchev–Trinajstić information content (AvgIpc) is 2.86. The highest BCUT2D eigenvalue weighted by Crippen LogP contribution is 2.37. The van der Waals surface area contributed by atoms with E-state index in [2.05, 4.69) is 48.5 Å². The van der Waals surface area contributed by atoms with Crippen LogP contribution < -0.4 is 4.74 Å². The lowest BCUT2D eigenvalue weighted by Crippen LogP contribution is -1.88. The molecule has 17 heavy (non-hydrogen) atoms. The topological polar surface area (TPSA) is 9.23 Å². The van der Waals surface area contributed by atoms with Crippen LogP contribution >= 0.6 is 11.8 Å². The maximum atomic E-state index is 5.70. The monoisotopic (exact) mass is 242 g/mol. The SMILES string of the molecule is c1ccc(CSc2cccc3c2OCC3)cc1. The molecule has 3 rings (SSSR count). The van der Waals surface area contributed by atoms with Gasteiger partial charge in [0.25, 0.3) is 0 Å². The van der Waals surface area contributed by atoms with E-state index in [1.54, 1.807) is 0 Å². The van der Waals surface area contributed by atoms with Crippen LogP contribution in [-0.4, -0.2) is 6.61 Å². The third-order valence-electron chi connectivity index (χ3n) is 2.92.